The average Bonchev–Trinajstić information content (AvgIpc) is 3.07. The lowest BCUT2D eigenvalue weighted by Gasteiger charge is -2.11. The smallest absolute Gasteiger partial charge is 0.284 e. The molecule has 25 heavy (non-hydrogen) atoms. The first-order chi connectivity index (χ1) is 11.6. The monoisotopic (exact) mass is 458 g/mol. The molecule has 8 heteroatoms. The average molecular weight is 458 g/mol. The Morgan fingerprint density at radius 1 is 1.24 bits per heavy atom. The Bertz CT molecular complexity index is 715. The molecule has 0 spiro atoms. The molecule has 0 bridgehead atoms. The minimum absolute atomic E-state index is 0. The van der Waals surface area contributed by atoms with Gasteiger partial charge in [-0.25, -0.2) is 4.99 Å². The third-order valence-corrected chi connectivity index (χ3v) is 3.28. The first-order valence-electron chi connectivity index (χ1n) is 7.66. The number of ether oxygens (including phenoxy) is 1. The second kappa shape index (κ2) is 10.6. The van der Waals surface area contributed by atoms with E-state index in [0.29, 0.717) is 24.8 Å². The molecule has 0 saturated heterocycles. The van der Waals surface area contributed by atoms with Gasteiger partial charge in [0, 0.05) is 12.1 Å². The number of carbonyl (C=O) groups excluding carboxylic acids is 1. The zero-order valence-electron chi connectivity index (χ0n) is 14.2. The van der Waals surface area contributed by atoms with Crippen molar-refractivity contribution < 1.29 is 13.9 Å². The molecule has 1 aromatic carbocycles. The van der Waals surface area contributed by atoms with Crippen molar-refractivity contribution in [2.24, 2.45) is 10.7 Å². The number of methoxy groups -OCH3 is 1. The van der Waals surface area contributed by atoms with Crippen molar-refractivity contribution in [2.75, 3.05) is 13.7 Å². The maximum Gasteiger partial charge on any atom is 0.284 e. The highest BCUT2D eigenvalue weighted by molar-refractivity contribution is 14.0. The number of halogens is 1. The normalized spacial score (nSPS) is 10.7. The quantitative estimate of drug-likeness (QED) is 0.336. The number of nitrogens with two attached hydrogens (primary N) is 1. The van der Waals surface area contributed by atoms with Crippen molar-refractivity contribution in [3.63, 3.8) is 0 Å². The van der Waals surface area contributed by atoms with Crippen LogP contribution in [0.2, 0.25) is 0 Å². The van der Waals surface area contributed by atoms with Crippen LogP contribution < -0.4 is 21.1 Å². The molecule has 7 nitrogen and oxygen atoms in total. The van der Waals surface area contributed by atoms with Crippen LogP contribution in [0, 0.1) is 0 Å². The van der Waals surface area contributed by atoms with E-state index in [9.17, 15) is 4.79 Å². The summed E-state index contributed by atoms with van der Waals surface area (Å²) in [5, 5.41) is 6.30. The van der Waals surface area contributed by atoms with Crippen LogP contribution in [-0.4, -0.2) is 25.5 Å². The highest BCUT2D eigenvalue weighted by Gasteiger charge is 2.08. The van der Waals surface area contributed by atoms with E-state index in [1.807, 2.05) is 31.2 Å². The standard InChI is InChI=1S/C17H22N4O3.HI/c1-3-19-17(20-10-12-6-4-5-7-14(12)23-2)21-11-13-8-9-15(24-13)16(18)22;/h4-9H,3,10-11H2,1-2H3,(H2,18,22)(H2,19,20,21);1H. The summed E-state index contributed by atoms with van der Waals surface area (Å²) in [4.78, 5) is 15.6. The van der Waals surface area contributed by atoms with Gasteiger partial charge in [0.2, 0.25) is 0 Å². The summed E-state index contributed by atoms with van der Waals surface area (Å²) in [6.45, 7) is 3.58. The SMILES string of the molecule is CCNC(=NCc1ccccc1OC)NCc1ccc(C(N)=O)o1.I. The second-order valence-electron chi connectivity index (χ2n) is 4.99. The molecule has 4 N–H and O–H groups in total. The summed E-state index contributed by atoms with van der Waals surface area (Å²) in [6, 6.07) is 11.0. The minimum Gasteiger partial charge on any atom is -0.496 e. The lowest BCUT2D eigenvalue weighted by Crippen LogP contribution is -2.36. The van der Waals surface area contributed by atoms with Crippen molar-refractivity contribution in [1.29, 1.82) is 0 Å². The summed E-state index contributed by atoms with van der Waals surface area (Å²) in [6.07, 6.45) is 0. The zero-order valence-corrected chi connectivity index (χ0v) is 16.6. The van der Waals surface area contributed by atoms with Gasteiger partial charge in [0.05, 0.1) is 20.2 Å². The second-order valence-corrected chi connectivity index (χ2v) is 4.99. The van der Waals surface area contributed by atoms with Crippen LogP contribution >= 0.6 is 24.0 Å². The number of hydrogen-bond donors (Lipinski definition) is 3. The molecule has 1 aromatic heterocycles. The summed E-state index contributed by atoms with van der Waals surface area (Å²) in [7, 11) is 1.64. The molecule has 0 atom stereocenters. The van der Waals surface area contributed by atoms with Gasteiger partial charge in [-0.1, -0.05) is 18.2 Å². The van der Waals surface area contributed by atoms with Crippen LogP contribution in [0.4, 0.5) is 0 Å². The molecule has 136 valence electrons. The van der Waals surface area contributed by atoms with Gasteiger partial charge in [-0.3, -0.25) is 4.79 Å². The molecule has 0 aliphatic carbocycles. The van der Waals surface area contributed by atoms with E-state index in [0.717, 1.165) is 17.9 Å². The Morgan fingerprint density at radius 2 is 2.00 bits per heavy atom. The molecule has 0 unspecified atom stereocenters. The molecule has 0 aliphatic heterocycles. The van der Waals surface area contributed by atoms with Crippen molar-refractivity contribution in [3.05, 3.63) is 53.5 Å². The molecule has 0 fully saturated rings. The van der Waals surface area contributed by atoms with E-state index in [-0.39, 0.29) is 29.7 Å². The number of furan rings is 1. The van der Waals surface area contributed by atoms with E-state index >= 15 is 0 Å². The van der Waals surface area contributed by atoms with Gasteiger partial charge in [0.1, 0.15) is 11.5 Å². The Morgan fingerprint density at radius 3 is 2.64 bits per heavy atom. The fourth-order valence-electron chi connectivity index (χ4n) is 2.12. The van der Waals surface area contributed by atoms with Crippen LogP contribution in [0.15, 0.2) is 45.8 Å². The Kier molecular flexibility index (Phi) is 8.82. The Labute approximate surface area is 164 Å². The number of rotatable bonds is 7. The topological polar surface area (TPSA) is 102 Å². The van der Waals surface area contributed by atoms with Crippen molar-refractivity contribution >= 4 is 35.8 Å². The van der Waals surface area contributed by atoms with Crippen molar-refractivity contribution in [2.45, 2.75) is 20.0 Å². The molecular weight excluding hydrogens is 435 g/mol. The van der Waals surface area contributed by atoms with Gasteiger partial charge in [-0.05, 0) is 25.1 Å². The number of amides is 1. The minimum atomic E-state index is -0.585. The number of nitrogens with one attached hydrogen (secondary N) is 2. The van der Waals surface area contributed by atoms with E-state index in [1.54, 1.807) is 19.2 Å². The largest absolute Gasteiger partial charge is 0.496 e. The van der Waals surface area contributed by atoms with Gasteiger partial charge in [0.15, 0.2) is 11.7 Å². The van der Waals surface area contributed by atoms with E-state index < -0.39 is 5.91 Å². The molecule has 2 rings (SSSR count). The van der Waals surface area contributed by atoms with E-state index in [4.69, 9.17) is 14.9 Å². The number of nitrogens with zero attached hydrogens (tertiary/aromatic N) is 1. The molecular formula is C17H23IN4O3. The van der Waals surface area contributed by atoms with E-state index in [2.05, 4.69) is 15.6 Å². The Balaban J connectivity index is 0.00000312. The number of aliphatic imine (C=N–C) groups is 1. The maximum atomic E-state index is 11.0. The predicted molar refractivity (Wildman–Crippen MR) is 107 cm³/mol. The summed E-state index contributed by atoms with van der Waals surface area (Å²) in [5.74, 6) is 1.60. The van der Waals surface area contributed by atoms with Gasteiger partial charge < -0.3 is 25.5 Å². The number of para-hydroxylation sites is 1. The van der Waals surface area contributed by atoms with Crippen LogP contribution in [0.3, 0.4) is 0 Å². The van der Waals surface area contributed by atoms with Crippen LogP contribution in [0.25, 0.3) is 0 Å². The number of guanidine groups is 1. The van der Waals surface area contributed by atoms with Crippen LogP contribution in [0.1, 0.15) is 28.8 Å². The van der Waals surface area contributed by atoms with Gasteiger partial charge in [0.25, 0.3) is 5.91 Å². The first-order valence-corrected chi connectivity index (χ1v) is 7.66. The fourth-order valence-corrected chi connectivity index (χ4v) is 2.12. The number of hydrogen-bond acceptors (Lipinski definition) is 4. The molecule has 1 heterocycles. The van der Waals surface area contributed by atoms with Gasteiger partial charge >= 0.3 is 0 Å². The number of primary amides is 1. The molecule has 1 amide bonds. The van der Waals surface area contributed by atoms with Crippen LogP contribution in [0.5, 0.6) is 5.75 Å². The third-order valence-electron chi connectivity index (χ3n) is 3.28. The highest BCUT2D eigenvalue weighted by atomic mass is 127. The summed E-state index contributed by atoms with van der Waals surface area (Å²) in [5.41, 5.74) is 6.16. The van der Waals surface area contributed by atoms with E-state index in [1.165, 1.54) is 0 Å². The number of carbonyl (C=O) groups is 1. The fraction of sp³-hybridized carbons (Fsp3) is 0.294. The third kappa shape index (κ3) is 6.29. The lowest BCUT2D eigenvalue weighted by molar-refractivity contribution is 0.0972. The predicted octanol–water partition coefficient (Wildman–Crippen LogP) is 2.26. The van der Waals surface area contributed by atoms with Gasteiger partial charge in [-0.15, -0.1) is 24.0 Å². The van der Waals surface area contributed by atoms with Gasteiger partial charge in [-0.2, -0.15) is 0 Å². The van der Waals surface area contributed by atoms with Crippen molar-refractivity contribution in [1.82, 2.24) is 10.6 Å². The Hall–Kier alpha value is -2.23. The zero-order chi connectivity index (χ0) is 17.4. The number of benzene rings is 1. The molecule has 0 radical (unpaired) electrons. The maximum absolute atomic E-state index is 11.0. The molecule has 0 aliphatic rings. The summed E-state index contributed by atoms with van der Waals surface area (Å²) < 4.78 is 10.7. The summed E-state index contributed by atoms with van der Waals surface area (Å²) >= 11 is 0. The van der Waals surface area contributed by atoms with Crippen LogP contribution in [-0.2, 0) is 13.1 Å². The highest BCUT2D eigenvalue weighted by Crippen LogP contribution is 2.17. The first kappa shape index (κ1) is 20.8. The molecule has 2 aromatic rings. The lowest BCUT2D eigenvalue weighted by atomic mass is 10.2. The molecule has 0 saturated carbocycles. The van der Waals surface area contributed by atoms with Crippen molar-refractivity contribution in [3.8, 4) is 5.75 Å².